The molecule has 0 aromatic heterocycles. The minimum atomic E-state index is -3.63. The minimum Gasteiger partial charge on any atom is -0.358 e. The Bertz CT molecular complexity index is 826. The summed E-state index contributed by atoms with van der Waals surface area (Å²) in [6.45, 7) is 7.08. The van der Waals surface area contributed by atoms with Crippen LogP contribution in [-0.4, -0.2) is 50.7 Å². The van der Waals surface area contributed by atoms with E-state index in [2.05, 4.69) is 23.6 Å². The summed E-state index contributed by atoms with van der Waals surface area (Å²) >= 11 is 0. The molecule has 3 N–H and O–H groups in total. The molecular weight excluding hydrogens is 400 g/mol. The van der Waals surface area contributed by atoms with E-state index in [1.807, 2.05) is 6.92 Å². The molecule has 1 aliphatic heterocycles. The summed E-state index contributed by atoms with van der Waals surface area (Å²) in [7, 11) is -1.84. The average molecular weight is 431 g/mol. The van der Waals surface area contributed by atoms with Crippen molar-refractivity contribution in [3.05, 3.63) is 29.8 Å². The molecule has 1 aliphatic rings. The number of fused-ring (bicyclic) bond motifs is 1. The normalized spacial score (nSPS) is 16.6. The van der Waals surface area contributed by atoms with E-state index in [0.717, 1.165) is 6.42 Å². The third-order valence-electron chi connectivity index (χ3n) is 4.62. The Labute approximate surface area is 174 Å². The van der Waals surface area contributed by atoms with Gasteiger partial charge >= 0.3 is 0 Å². The van der Waals surface area contributed by atoms with Crippen LogP contribution in [0.5, 0.6) is 0 Å². The molecule has 0 bridgehead atoms. The van der Waals surface area contributed by atoms with E-state index in [4.69, 9.17) is 5.73 Å². The second-order valence-electron chi connectivity index (χ2n) is 7.82. The van der Waals surface area contributed by atoms with Crippen molar-refractivity contribution in [2.45, 2.75) is 50.5 Å². The number of nitrogens with one attached hydrogen (secondary N) is 1. The van der Waals surface area contributed by atoms with Crippen molar-refractivity contribution in [2.24, 2.45) is 16.0 Å². The van der Waals surface area contributed by atoms with Crippen LogP contribution in [0.1, 0.15) is 45.6 Å². The smallest absolute Gasteiger partial charge is 0.285 e. The Balaban J connectivity index is 0.00000392. The number of carbonyl (C=O) groups excluding carboxylic acids is 1. The number of amidine groups is 1. The predicted molar refractivity (Wildman–Crippen MR) is 114 cm³/mol. The molecule has 9 heteroatoms. The van der Waals surface area contributed by atoms with Gasteiger partial charge in [0.25, 0.3) is 10.0 Å². The molecular formula is C19H31ClN4O3S. The van der Waals surface area contributed by atoms with Crippen LogP contribution in [0.3, 0.4) is 0 Å². The molecule has 0 saturated carbocycles. The molecule has 1 heterocycles. The first kappa shape index (κ1) is 24.4. The van der Waals surface area contributed by atoms with Crippen LogP contribution in [0.2, 0.25) is 0 Å². The van der Waals surface area contributed by atoms with Gasteiger partial charge in [0, 0.05) is 37.7 Å². The molecule has 0 aliphatic carbocycles. The number of benzene rings is 1. The van der Waals surface area contributed by atoms with Gasteiger partial charge in [0.15, 0.2) is 0 Å². The highest BCUT2D eigenvalue weighted by molar-refractivity contribution is 7.90. The van der Waals surface area contributed by atoms with E-state index in [9.17, 15) is 13.2 Å². The Morgan fingerprint density at radius 3 is 2.57 bits per heavy atom. The largest absolute Gasteiger partial charge is 0.358 e. The van der Waals surface area contributed by atoms with Crippen molar-refractivity contribution in [1.29, 1.82) is 0 Å². The first-order chi connectivity index (χ1) is 12.6. The van der Waals surface area contributed by atoms with Crippen molar-refractivity contribution < 1.29 is 13.2 Å². The quantitative estimate of drug-likeness (QED) is 0.657. The van der Waals surface area contributed by atoms with Gasteiger partial charge < -0.3 is 16.0 Å². The molecule has 7 nitrogen and oxygen atoms in total. The van der Waals surface area contributed by atoms with E-state index in [1.165, 1.54) is 0 Å². The molecule has 1 unspecified atom stereocenters. The standard InChI is InChI=1S/C19H30N4O3S.ClH/c1-14(2)12-19(3,13-20)21-17(24)10-7-11-23(4)18-15-8-5-6-9-16(15)27(25,26)22-18;/h5-6,8-9,14H,7,10-13,20H2,1-4H3,(H,21,24);1H. The number of nitrogens with zero attached hydrogens (tertiary/aromatic N) is 2. The van der Waals surface area contributed by atoms with Gasteiger partial charge in [-0.2, -0.15) is 8.42 Å². The Kier molecular flexibility index (Phi) is 8.46. The number of carbonyl (C=O) groups is 1. The van der Waals surface area contributed by atoms with Crippen LogP contribution >= 0.6 is 12.4 Å². The fourth-order valence-corrected chi connectivity index (χ4v) is 4.68. The highest BCUT2D eigenvalue weighted by Gasteiger charge is 2.30. The van der Waals surface area contributed by atoms with Crippen LogP contribution in [0.15, 0.2) is 33.6 Å². The molecule has 1 aromatic rings. The van der Waals surface area contributed by atoms with Gasteiger partial charge in [-0.05, 0) is 37.8 Å². The molecule has 2 rings (SSSR count). The third-order valence-corrected chi connectivity index (χ3v) is 5.95. The summed E-state index contributed by atoms with van der Waals surface area (Å²) in [5, 5.41) is 3.04. The fraction of sp³-hybridized carbons (Fsp3) is 0.579. The lowest BCUT2D eigenvalue weighted by molar-refractivity contribution is -0.123. The van der Waals surface area contributed by atoms with E-state index in [0.29, 0.717) is 43.2 Å². The zero-order valence-electron chi connectivity index (χ0n) is 16.9. The Hall–Kier alpha value is -1.64. The van der Waals surface area contributed by atoms with Crippen LogP contribution in [-0.2, 0) is 14.8 Å². The van der Waals surface area contributed by atoms with E-state index >= 15 is 0 Å². The van der Waals surface area contributed by atoms with Gasteiger partial charge in [-0.3, -0.25) is 4.79 Å². The second kappa shape index (κ2) is 9.71. The number of rotatable bonds is 8. The first-order valence-corrected chi connectivity index (χ1v) is 10.7. The molecule has 1 aromatic carbocycles. The van der Waals surface area contributed by atoms with E-state index < -0.39 is 15.6 Å². The molecule has 0 saturated heterocycles. The molecule has 0 fully saturated rings. The summed E-state index contributed by atoms with van der Waals surface area (Å²) < 4.78 is 28.2. The summed E-state index contributed by atoms with van der Waals surface area (Å²) in [6.07, 6.45) is 1.76. The number of hydrogen-bond donors (Lipinski definition) is 2. The van der Waals surface area contributed by atoms with Crippen LogP contribution in [0.4, 0.5) is 0 Å². The maximum atomic E-state index is 12.3. The van der Waals surface area contributed by atoms with Gasteiger partial charge in [-0.25, -0.2) is 0 Å². The number of nitrogens with two attached hydrogens (primary N) is 1. The van der Waals surface area contributed by atoms with Crippen molar-refractivity contribution in [3.8, 4) is 0 Å². The summed E-state index contributed by atoms with van der Waals surface area (Å²) in [6, 6.07) is 6.79. The highest BCUT2D eigenvalue weighted by Crippen LogP contribution is 2.27. The molecule has 28 heavy (non-hydrogen) atoms. The monoisotopic (exact) mass is 430 g/mol. The maximum Gasteiger partial charge on any atom is 0.285 e. The molecule has 158 valence electrons. The summed E-state index contributed by atoms with van der Waals surface area (Å²) in [5.74, 6) is 0.823. The Morgan fingerprint density at radius 2 is 1.96 bits per heavy atom. The van der Waals surface area contributed by atoms with Crippen molar-refractivity contribution in [1.82, 2.24) is 10.2 Å². The molecule has 1 amide bonds. The molecule has 0 spiro atoms. The first-order valence-electron chi connectivity index (χ1n) is 9.24. The molecule has 1 atom stereocenters. The van der Waals surface area contributed by atoms with Crippen LogP contribution < -0.4 is 11.1 Å². The topological polar surface area (TPSA) is 105 Å². The lowest BCUT2D eigenvalue weighted by Gasteiger charge is -2.31. The van der Waals surface area contributed by atoms with E-state index in [-0.39, 0.29) is 23.2 Å². The van der Waals surface area contributed by atoms with Gasteiger partial charge in [0.1, 0.15) is 10.7 Å². The summed E-state index contributed by atoms with van der Waals surface area (Å²) in [4.78, 5) is 14.3. The zero-order chi connectivity index (χ0) is 20.2. The van der Waals surface area contributed by atoms with Crippen LogP contribution in [0.25, 0.3) is 0 Å². The molecule has 0 radical (unpaired) electrons. The van der Waals surface area contributed by atoms with Crippen LogP contribution in [0, 0.1) is 5.92 Å². The number of hydrogen-bond acceptors (Lipinski definition) is 5. The Morgan fingerprint density at radius 1 is 1.32 bits per heavy atom. The fourth-order valence-electron chi connectivity index (χ4n) is 3.43. The lowest BCUT2D eigenvalue weighted by atomic mass is 9.90. The van der Waals surface area contributed by atoms with Gasteiger partial charge in [0.05, 0.1) is 0 Å². The third kappa shape index (κ3) is 5.93. The zero-order valence-corrected chi connectivity index (χ0v) is 18.6. The van der Waals surface area contributed by atoms with Crippen molar-refractivity contribution in [3.63, 3.8) is 0 Å². The number of sulfonamides is 1. The van der Waals surface area contributed by atoms with Gasteiger partial charge in [-0.1, -0.05) is 26.0 Å². The maximum absolute atomic E-state index is 12.3. The summed E-state index contributed by atoms with van der Waals surface area (Å²) in [5.41, 5.74) is 6.04. The van der Waals surface area contributed by atoms with Crippen molar-refractivity contribution >= 4 is 34.2 Å². The van der Waals surface area contributed by atoms with E-state index in [1.54, 1.807) is 36.2 Å². The van der Waals surface area contributed by atoms with Crippen molar-refractivity contribution in [2.75, 3.05) is 20.1 Å². The number of halogens is 1. The minimum absolute atomic E-state index is 0. The second-order valence-corrected chi connectivity index (χ2v) is 9.39. The number of amides is 1. The van der Waals surface area contributed by atoms with Gasteiger partial charge in [-0.15, -0.1) is 16.8 Å². The predicted octanol–water partition coefficient (Wildman–Crippen LogP) is 2.15. The average Bonchev–Trinajstić information content (AvgIpc) is 2.86. The SMILES string of the molecule is CC(C)CC(C)(CN)NC(=O)CCCN(C)C1=NS(=O)(=O)c2ccccc21.Cl. The lowest BCUT2D eigenvalue weighted by Crippen LogP contribution is -2.52. The van der Waals surface area contributed by atoms with Gasteiger partial charge in [0.2, 0.25) is 5.91 Å². The highest BCUT2D eigenvalue weighted by atomic mass is 35.5.